The Labute approximate surface area is 197 Å². The van der Waals surface area contributed by atoms with Crippen LogP contribution in [0.5, 0.6) is 11.6 Å². The maximum Gasteiger partial charge on any atom is 0.291 e. The van der Waals surface area contributed by atoms with Gasteiger partial charge in [0.15, 0.2) is 6.10 Å². The van der Waals surface area contributed by atoms with E-state index in [0.717, 1.165) is 17.0 Å². The first-order chi connectivity index (χ1) is 16.0. The summed E-state index contributed by atoms with van der Waals surface area (Å²) in [5, 5.41) is 26.8. The van der Waals surface area contributed by atoms with Crippen molar-refractivity contribution in [3.8, 4) is 11.6 Å². The van der Waals surface area contributed by atoms with Crippen LogP contribution in [0.2, 0.25) is 0 Å². The highest BCUT2D eigenvalue weighted by Gasteiger charge is 2.59. The lowest BCUT2D eigenvalue weighted by molar-refractivity contribution is -0.195. The molecule has 0 spiro atoms. The standard InChI is InChI=1S/C24H33F2N3O5/c1-13(2)29-15(5)18(10-16-6-8-17(9-7-16)33-14(3)4)23(27-29)34-21-11-20(31)22(28-32)19(12-30)24(21,25)26/h6-9,13-14,19-22,30-31H,10-12H2,1-5H3/t19-,20-,21+,22-/m1/s1. The first-order valence-corrected chi connectivity index (χ1v) is 11.5. The van der Waals surface area contributed by atoms with Gasteiger partial charge in [0.1, 0.15) is 11.8 Å². The molecule has 1 fully saturated rings. The summed E-state index contributed by atoms with van der Waals surface area (Å²) in [6.07, 6.45) is -3.30. The monoisotopic (exact) mass is 481 g/mol. The number of nitrogens with zero attached hydrogens (tertiary/aromatic N) is 3. The van der Waals surface area contributed by atoms with Gasteiger partial charge in [-0.25, -0.2) is 8.78 Å². The highest BCUT2D eigenvalue weighted by Crippen LogP contribution is 2.43. The number of benzene rings is 1. The Bertz CT molecular complexity index is 978. The molecule has 1 saturated carbocycles. The molecule has 4 atom stereocenters. The van der Waals surface area contributed by atoms with Gasteiger partial charge in [-0.3, -0.25) is 4.68 Å². The topological polar surface area (TPSA) is 106 Å². The van der Waals surface area contributed by atoms with Crippen LogP contribution in [0.3, 0.4) is 0 Å². The number of ether oxygens (including phenoxy) is 2. The third-order valence-electron chi connectivity index (χ3n) is 6.16. The quantitative estimate of drug-likeness (QED) is 0.524. The maximum absolute atomic E-state index is 15.2. The number of aromatic nitrogens is 2. The summed E-state index contributed by atoms with van der Waals surface area (Å²) < 4.78 is 43.4. The second-order valence-corrected chi connectivity index (χ2v) is 9.36. The van der Waals surface area contributed by atoms with Gasteiger partial charge in [0.2, 0.25) is 5.88 Å². The van der Waals surface area contributed by atoms with Gasteiger partial charge in [-0.2, -0.15) is 4.91 Å². The number of alkyl halides is 2. The zero-order chi connectivity index (χ0) is 25.2. The molecule has 188 valence electrons. The van der Waals surface area contributed by atoms with E-state index >= 15 is 8.78 Å². The van der Waals surface area contributed by atoms with Crippen molar-refractivity contribution in [2.75, 3.05) is 6.61 Å². The van der Waals surface area contributed by atoms with Crippen LogP contribution in [0.1, 0.15) is 57.0 Å². The number of hydrogen-bond donors (Lipinski definition) is 2. The van der Waals surface area contributed by atoms with Crippen LogP contribution in [-0.2, 0) is 6.42 Å². The Morgan fingerprint density at radius 3 is 2.41 bits per heavy atom. The highest BCUT2D eigenvalue weighted by molar-refractivity contribution is 5.38. The van der Waals surface area contributed by atoms with Gasteiger partial charge in [-0.05, 0) is 52.3 Å². The minimum atomic E-state index is -3.59. The van der Waals surface area contributed by atoms with Gasteiger partial charge in [-0.1, -0.05) is 17.3 Å². The van der Waals surface area contributed by atoms with E-state index in [9.17, 15) is 15.1 Å². The number of rotatable bonds is 9. The van der Waals surface area contributed by atoms with Crippen LogP contribution in [0, 0.1) is 17.7 Å². The zero-order valence-electron chi connectivity index (χ0n) is 20.1. The van der Waals surface area contributed by atoms with Crippen molar-refractivity contribution in [2.45, 2.75) is 83.8 Å². The molecular weight excluding hydrogens is 448 g/mol. The lowest BCUT2D eigenvalue weighted by Gasteiger charge is -2.41. The fraction of sp³-hybridized carbons (Fsp3) is 0.625. The molecule has 0 unspecified atom stereocenters. The SMILES string of the molecule is Cc1c(Cc2ccc(OC(C)C)cc2)c(O[C@H]2C[C@@H](O)[C@H](N=O)[C@@H](CO)C2(F)F)nn1C(C)C. The van der Waals surface area contributed by atoms with Crippen molar-refractivity contribution in [2.24, 2.45) is 11.1 Å². The van der Waals surface area contributed by atoms with E-state index in [2.05, 4.69) is 10.3 Å². The fourth-order valence-corrected chi connectivity index (χ4v) is 4.37. The van der Waals surface area contributed by atoms with Crippen LogP contribution in [0.25, 0.3) is 0 Å². The summed E-state index contributed by atoms with van der Waals surface area (Å²) in [6, 6.07) is 5.85. The number of aliphatic hydroxyl groups is 2. The minimum absolute atomic E-state index is 0.0378. The molecule has 2 N–H and O–H groups in total. The van der Waals surface area contributed by atoms with E-state index in [-0.39, 0.29) is 18.0 Å². The van der Waals surface area contributed by atoms with Crippen LogP contribution in [0.4, 0.5) is 8.78 Å². The summed E-state index contributed by atoms with van der Waals surface area (Å²) in [6.45, 7) is 8.57. The molecule has 2 aromatic rings. The lowest BCUT2D eigenvalue weighted by atomic mass is 9.78. The highest BCUT2D eigenvalue weighted by atomic mass is 19.3. The van der Waals surface area contributed by atoms with Crippen molar-refractivity contribution >= 4 is 0 Å². The van der Waals surface area contributed by atoms with Crippen molar-refractivity contribution in [1.82, 2.24) is 9.78 Å². The molecule has 1 aromatic heterocycles. The van der Waals surface area contributed by atoms with Crippen molar-refractivity contribution < 1.29 is 28.5 Å². The molecule has 10 heteroatoms. The lowest BCUT2D eigenvalue weighted by Crippen LogP contribution is -2.59. The number of hydrogen-bond acceptors (Lipinski definition) is 7. The molecular formula is C24H33F2N3O5. The smallest absolute Gasteiger partial charge is 0.291 e. The predicted octanol–water partition coefficient (Wildman–Crippen LogP) is 4.04. The zero-order valence-corrected chi connectivity index (χ0v) is 20.1. The number of halogens is 2. The Morgan fingerprint density at radius 2 is 1.88 bits per heavy atom. The molecule has 1 aromatic carbocycles. The van der Waals surface area contributed by atoms with E-state index in [1.165, 1.54) is 0 Å². The summed E-state index contributed by atoms with van der Waals surface area (Å²) >= 11 is 0. The van der Waals surface area contributed by atoms with E-state index in [0.29, 0.717) is 12.0 Å². The van der Waals surface area contributed by atoms with Crippen LogP contribution >= 0.6 is 0 Å². The normalized spacial score (nSPS) is 24.4. The molecule has 0 radical (unpaired) electrons. The fourth-order valence-electron chi connectivity index (χ4n) is 4.37. The summed E-state index contributed by atoms with van der Waals surface area (Å²) in [7, 11) is 0. The average Bonchev–Trinajstić information content (AvgIpc) is 3.06. The maximum atomic E-state index is 15.2. The van der Waals surface area contributed by atoms with Gasteiger partial charge in [0.05, 0.1) is 24.7 Å². The average molecular weight is 482 g/mol. The number of nitroso groups, excluding NO2 is 1. The third kappa shape index (κ3) is 5.22. The first kappa shape index (κ1) is 26.0. The Kier molecular flexibility index (Phi) is 7.92. The molecule has 0 aliphatic heterocycles. The van der Waals surface area contributed by atoms with E-state index in [1.807, 2.05) is 58.9 Å². The molecule has 1 aliphatic rings. The minimum Gasteiger partial charge on any atom is -0.491 e. The van der Waals surface area contributed by atoms with Crippen molar-refractivity contribution in [3.05, 3.63) is 46.0 Å². The van der Waals surface area contributed by atoms with E-state index in [4.69, 9.17) is 9.47 Å². The first-order valence-electron chi connectivity index (χ1n) is 11.5. The van der Waals surface area contributed by atoms with Crippen molar-refractivity contribution in [3.63, 3.8) is 0 Å². The largest absolute Gasteiger partial charge is 0.491 e. The van der Waals surface area contributed by atoms with Crippen LogP contribution in [0.15, 0.2) is 29.4 Å². The van der Waals surface area contributed by atoms with Gasteiger partial charge >= 0.3 is 0 Å². The molecule has 1 aliphatic carbocycles. The Hall–Kier alpha value is -2.59. The second-order valence-electron chi connectivity index (χ2n) is 9.36. The summed E-state index contributed by atoms with van der Waals surface area (Å²) in [4.78, 5) is 11.0. The molecule has 34 heavy (non-hydrogen) atoms. The molecule has 3 rings (SSSR count). The second kappa shape index (κ2) is 10.4. The molecule has 8 nitrogen and oxygen atoms in total. The van der Waals surface area contributed by atoms with Crippen LogP contribution in [-0.4, -0.2) is 56.9 Å². The van der Waals surface area contributed by atoms with E-state index in [1.54, 1.807) is 4.68 Å². The van der Waals surface area contributed by atoms with Gasteiger partial charge in [0.25, 0.3) is 5.92 Å². The molecule has 0 saturated heterocycles. The van der Waals surface area contributed by atoms with Gasteiger partial charge in [0, 0.05) is 30.1 Å². The predicted molar refractivity (Wildman–Crippen MR) is 123 cm³/mol. The molecule has 0 bridgehead atoms. The summed E-state index contributed by atoms with van der Waals surface area (Å²) in [5.74, 6) is -4.66. The molecule has 0 amide bonds. The third-order valence-corrected chi connectivity index (χ3v) is 6.16. The van der Waals surface area contributed by atoms with Crippen LogP contribution < -0.4 is 9.47 Å². The summed E-state index contributed by atoms with van der Waals surface area (Å²) in [5.41, 5.74) is 2.34. The number of aliphatic hydroxyl groups excluding tert-OH is 2. The molecule has 1 heterocycles. The van der Waals surface area contributed by atoms with Crippen molar-refractivity contribution in [1.29, 1.82) is 0 Å². The van der Waals surface area contributed by atoms with Gasteiger partial charge in [-0.15, -0.1) is 5.10 Å². The Morgan fingerprint density at radius 1 is 1.24 bits per heavy atom. The van der Waals surface area contributed by atoms with Gasteiger partial charge < -0.3 is 19.7 Å². The Balaban J connectivity index is 1.92. The van der Waals surface area contributed by atoms with E-state index < -0.39 is 43.1 Å².